The van der Waals surface area contributed by atoms with Crippen LogP contribution in [0.2, 0.25) is 5.02 Å². The molecule has 0 saturated heterocycles. The highest BCUT2D eigenvalue weighted by atomic mass is 35.5. The molecule has 2 aromatic carbocycles. The Bertz CT molecular complexity index is 850. The number of amides is 2. The zero-order chi connectivity index (χ0) is 18.5. The molecular weight excluding hydrogens is 352 g/mol. The first kappa shape index (κ1) is 18.3. The lowest BCUT2D eigenvalue weighted by molar-refractivity contribution is -0.118. The third-order valence-corrected chi connectivity index (χ3v) is 4.41. The zero-order valence-electron chi connectivity index (χ0n) is 14.4. The topological polar surface area (TPSA) is 59.0 Å². The fraction of sp³-hybridized carbons (Fsp3) is 0.250. The van der Waals surface area contributed by atoms with Crippen molar-refractivity contribution in [3.8, 4) is 0 Å². The minimum Gasteiger partial charge on any atom is -0.385 e. The second-order valence-corrected chi connectivity index (χ2v) is 6.36. The van der Waals surface area contributed by atoms with Gasteiger partial charge in [-0.2, -0.15) is 0 Å². The monoisotopic (exact) mass is 370 g/mol. The van der Waals surface area contributed by atoms with Gasteiger partial charge in [-0.15, -0.1) is 0 Å². The van der Waals surface area contributed by atoms with Gasteiger partial charge in [-0.05, 0) is 36.2 Å². The number of rotatable bonds is 6. The summed E-state index contributed by atoms with van der Waals surface area (Å²) in [6.07, 6.45) is 2.40. The van der Waals surface area contributed by atoms with E-state index in [-0.39, 0.29) is 11.8 Å². The van der Waals surface area contributed by atoms with E-state index in [1.807, 2.05) is 6.07 Å². The molecule has 2 amide bonds. The van der Waals surface area contributed by atoms with Crippen LogP contribution in [0.1, 0.15) is 28.3 Å². The fourth-order valence-electron chi connectivity index (χ4n) is 2.94. The van der Waals surface area contributed by atoms with Crippen LogP contribution in [0.5, 0.6) is 0 Å². The van der Waals surface area contributed by atoms with Crippen molar-refractivity contribution in [1.82, 2.24) is 0 Å². The maximum atomic E-state index is 13.1. The lowest BCUT2D eigenvalue weighted by Gasteiger charge is -2.31. The number of hydrogen-bond donors (Lipinski definition) is 0. The molecule has 1 aliphatic heterocycles. The second kappa shape index (κ2) is 8.25. The van der Waals surface area contributed by atoms with Crippen LogP contribution in [0.25, 0.3) is 0 Å². The smallest absolute Gasteiger partial charge is 0.265 e. The van der Waals surface area contributed by atoms with E-state index in [1.165, 1.54) is 4.90 Å². The molecule has 3 rings (SSSR count). The molecule has 5 nitrogen and oxygen atoms in total. The molecule has 0 spiro atoms. The van der Waals surface area contributed by atoms with E-state index in [0.29, 0.717) is 35.0 Å². The SMILES string of the molecule is COCCCN=CC1C(=O)N(c2cccc(Cl)c2)C(=O)c2ccccc21. The lowest BCUT2D eigenvalue weighted by atomic mass is 9.89. The largest absolute Gasteiger partial charge is 0.385 e. The van der Waals surface area contributed by atoms with Gasteiger partial charge in [0.05, 0.1) is 11.6 Å². The van der Waals surface area contributed by atoms with E-state index in [2.05, 4.69) is 4.99 Å². The Balaban J connectivity index is 1.97. The number of ether oxygens (including phenoxy) is 1. The van der Waals surface area contributed by atoms with Crippen molar-refractivity contribution in [2.45, 2.75) is 12.3 Å². The lowest BCUT2D eigenvalue weighted by Crippen LogP contribution is -2.45. The highest BCUT2D eigenvalue weighted by molar-refractivity contribution is 6.32. The number of benzene rings is 2. The molecule has 1 heterocycles. The molecule has 6 heteroatoms. The Hall–Kier alpha value is -2.50. The number of aliphatic imine (C=N–C) groups is 1. The van der Waals surface area contributed by atoms with Crippen molar-refractivity contribution >= 4 is 35.3 Å². The van der Waals surface area contributed by atoms with E-state index in [4.69, 9.17) is 16.3 Å². The summed E-state index contributed by atoms with van der Waals surface area (Å²) in [4.78, 5) is 31.5. The van der Waals surface area contributed by atoms with Gasteiger partial charge in [-0.1, -0.05) is 35.9 Å². The van der Waals surface area contributed by atoms with Gasteiger partial charge in [-0.25, -0.2) is 4.90 Å². The summed E-state index contributed by atoms with van der Waals surface area (Å²) in [5, 5.41) is 0.465. The summed E-state index contributed by atoms with van der Waals surface area (Å²) in [5.41, 5.74) is 1.64. The number of anilines is 1. The Labute approximate surface area is 157 Å². The first-order valence-corrected chi connectivity index (χ1v) is 8.73. The first-order valence-electron chi connectivity index (χ1n) is 8.35. The van der Waals surface area contributed by atoms with Gasteiger partial charge >= 0.3 is 0 Å². The third-order valence-electron chi connectivity index (χ3n) is 4.17. The Kier molecular flexibility index (Phi) is 5.81. The van der Waals surface area contributed by atoms with E-state index >= 15 is 0 Å². The van der Waals surface area contributed by atoms with Crippen molar-refractivity contribution in [2.75, 3.05) is 25.2 Å². The van der Waals surface area contributed by atoms with Gasteiger partial charge in [0.2, 0.25) is 5.91 Å². The van der Waals surface area contributed by atoms with Crippen molar-refractivity contribution in [2.24, 2.45) is 4.99 Å². The number of carbonyl (C=O) groups excluding carboxylic acids is 2. The minimum atomic E-state index is -0.606. The maximum Gasteiger partial charge on any atom is 0.265 e. The molecule has 0 aliphatic carbocycles. The van der Waals surface area contributed by atoms with Gasteiger partial charge in [0.1, 0.15) is 0 Å². The summed E-state index contributed by atoms with van der Waals surface area (Å²) < 4.78 is 5.01. The van der Waals surface area contributed by atoms with Gasteiger partial charge < -0.3 is 4.74 Å². The molecule has 1 aliphatic rings. The Morgan fingerprint density at radius 1 is 1.19 bits per heavy atom. The first-order chi connectivity index (χ1) is 12.6. The van der Waals surface area contributed by atoms with Gasteiger partial charge in [0, 0.05) is 37.1 Å². The molecule has 134 valence electrons. The summed E-state index contributed by atoms with van der Waals surface area (Å²) in [5.74, 6) is -1.28. The van der Waals surface area contributed by atoms with E-state index in [1.54, 1.807) is 55.8 Å². The quantitative estimate of drug-likeness (QED) is 0.442. The molecule has 0 saturated carbocycles. The van der Waals surface area contributed by atoms with Gasteiger partial charge in [-0.3, -0.25) is 14.6 Å². The summed E-state index contributed by atoms with van der Waals surface area (Å²) in [6.45, 7) is 1.17. The average molecular weight is 371 g/mol. The Morgan fingerprint density at radius 2 is 2.00 bits per heavy atom. The van der Waals surface area contributed by atoms with Crippen LogP contribution in [-0.2, 0) is 9.53 Å². The van der Waals surface area contributed by atoms with E-state index < -0.39 is 5.92 Å². The van der Waals surface area contributed by atoms with Gasteiger partial charge in [0.25, 0.3) is 5.91 Å². The predicted octanol–water partition coefficient (Wildman–Crippen LogP) is 3.72. The summed E-state index contributed by atoms with van der Waals surface area (Å²) in [7, 11) is 1.64. The molecule has 26 heavy (non-hydrogen) atoms. The molecule has 0 aromatic heterocycles. The standard InChI is InChI=1S/C20H19ClN2O3/c1-26-11-5-10-22-13-18-16-8-2-3-9-17(16)19(24)23(20(18)25)15-7-4-6-14(21)12-15/h2-4,6-9,12-13,18H,5,10-11H2,1H3. The molecule has 0 bridgehead atoms. The van der Waals surface area contributed by atoms with Crippen LogP contribution in [0.15, 0.2) is 53.5 Å². The molecule has 1 unspecified atom stereocenters. The normalized spacial score (nSPS) is 17.0. The predicted molar refractivity (Wildman–Crippen MR) is 102 cm³/mol. The molecule has 1 atom stereocenters. The average Bonchev–Trinajstić information content (AvgIpc) is 2.64. The van der Waals surface area contributed by atoms with Crippen LogP contribution in [0.4, 0.5) is 5.69 Å². The van der Waals surface area contributed by atoms with Crippen LogP contribution in [0, 0.1) is 0 Å². The molecule has 0 fully saturated rings. The summed E-state index contributed by atoms with van der Waals surface area (Å²) in [6, 6.07) is 13.9. The molecular formula is C20H19ClN2O3. The Morgan fingerprint density at radius 3 is 2.77 bits per heavy atom. The van der Waals surface area contributed by atoms with E-state index in [0.717, 1.165) is 6.42 Å². The van der Waals surface area contributed by atoms with Crippen molar-refractivity contribution < 1.29 is 14.3 Å². The number of hydrogen-bond acceptors (Lipinski definition) is 4. The second-order valence-electron chi connectivity index (χ2n) is 5.93. The van der Waals surface area contributed by atoms with Crippen molar-refractivity contribution in [1.29, 1.82) is 0 Å². The number of halogens is 1. The number of carbonyl (C=O) groups is 2. The number of imide groups is 1. The van der Waals surface area contributed by atoms with Crippen LogP contribution < -0.4 is 4.90 Å². The van der Waals surface area contributed by atoms with E-state index in [9.17, 15) is 9.59 Å². The number of fused-ring (bicyclic) bond motifs is 1. The highest BCUT2D eigenvalue weighted by Crippen LogP contribution is 2.32. The number of methoxy groups -OCH3 is 1. The third kappa shape index (κ3) is 3.69. The van der Waals surface area contributed by atoms with Crippen LogP contribution in [-0.4, -0.2) is 38.3 Å². The minimum absolute atomic E-state index is 0.327. The fourth-order valence-corrected chi connectivity index (χ4v) is 3.12. The molecule has 2 aromatic rings. The highest BCUT2D eigenvalue weighted by Gasteiger charge is 2.38. The molecule has 0 radical (unpaired) electrons. The summed E-state index contributed by atoms with van der Waals surface area (Å²) >= 11 is 6.04. The maximum absolute atomic E-state index is 13.1. The van der Waals surface area contributed by atoms with Crippen molar-refractivity contribution in [3.63, 3.8) is 0 Å². The van der Waals surface area contributed by atoms with Crippen LogP contribution in [0.3, 0.4) is 0 Å². The van der Waals surface area contributed by atoms with Crippen LogP contribution >= 0.6 is 11.6 Å². The number of nitrogens with zero attached hydrogens (tertiary/aromatic N) is 2. The van der Waals surface area contributed by atoms with Gasteiger partial charge in [0.15, 0.2) is 0 Å². The van der Waals surface area contributed by atoms with Crippen molar-refractivity contribution in [3.05, 3.63) is 64.7 Å². The molecule has 0 N–H and O–H groups in total. The zero-order valence-corrected chi connectivity index (χ0v) is 15.1.